The Balaban J connectivity index is 1.52. The van der Waals surface area contributed by atoms with E-state index >= 15 is 0 Å². The highest BCUT2D eigenvalue weighted by Crippen LogP contribution is 2.28. The van der Waals surface area contributed by atoms with E-state index in [9.17, 15) is 14.4 Å². The zero-order valence-electron chi connectivity index (χ0n) is 16.3. The zero-order chi connectivity index (χ0) is 20.1. The number of nitrogens with one attached hydrogen (secondary N) is 1. The second-order valence-corrected chi connectivity index (χ2v) is 7.08. The lowest BCUT2D eigenvalue weighted by atomic mass is 10.0. The van der Waals surface area contributed by atoms with Crippen LogP contribution < -0.4 is 15.0 Å². The third kappa shape index (κ3) is 4.55. The van der Waals surface area contributed by atoms with Gasteiger partial charge >= 0.3 is 6.09 Å². The Kier molecular flexibility index (Phi) is 6.38. The SMILES string of the molecule is CCOC(=O)N1CCC(NC(=O)C2CC(=O)N(c3cccc(OC)c3)C2)CC1. The van der Waals surface area contributed by atoms with Crippen molar-refractivity contribution in [1.29, 1.82) is 0 Å². The number of amides is 3. The number of anilines is 1. The van der Waals surface area contributed by atoms with E-state index in [0.29, 0.717) is 44.8 Å². The zero-order valence-corrected chi connectivity index (χ0v) is 16.3. The molecule has 0 aromatic heterocycles. The summed E-state index contributed by atoms with van der Waals surface area (Å²) in [4.78, 5) is 40.1. The van der Waals surface area contributed by atoms with Crippen molar-refractivity contribution in [3.63, 3.8) is 0 Å². The maximum absolute atomic E-state index is 12.7. The number of nitrogens with zero attached hydrogens (tertiary/aromatic N) is 2. The summed E-state index contributed by atoms with van der Waals surface area (Å²) < 4.78 is 10.2. The summed E-state index contributed by atoms with van der Waals surface area (Å²) in [6.07, 6.45) is 1.27. The first kappa shape index (κ1) is 20.0. The number of methoxy groups -OCH3 is 1. The Morgan fingerprint density at radius 3 is 2.68 bits per heavy atom. The maximum Gasteiger partial charge on any atom is 0.409 e. The van der Waals surface area contributed by atoms with E-state index in [1.165, 1.54) is 0 Å². The second kappa shape index (κ2) is 8.95. The van der Waals surface area contributed by atoms with E-state index in [4.69, 9.17) is 9.47 Å². The van der Waals surface area contributed by atoms with Gasteiger partial charge in [-0.1, -0.05) is 6.07 Å². The Labute approximate surface area is 164 Å². The predicted octanol–water partition coefficient (Wildman–Crippen LogP) is 1.79. The largest absolute Gasteiger partial charge is 0.497 e. The lowest BCUT2D eigenvalue weighted by molar-refractivity contribution is -0.127. The third-order valence-electron chi connectivity index (χ3n) is 5.23. The fourth-order valence-corrected chi connectivity index (χ4v) is 3.65. The number of ether oxygens (including phenoxy) is 2. The standard InChI is InChI=1S/C20H27N3O5/c1-3-28-20(26)22-9-7-15(8-10-22)21-19(25)14-11-18(24)23(13-14)16-5-4-6-17(12-16)27-2/h4-6,12,14-15H,3,7-11,13H2,1-2H3,(H,21,25). The van der Waals surface area contributed by atoms with Crippen LogP contribution >= 0.6 is 0 Å². The summed E-state index contributed by atoms with van der Waals surface area (Å²) in [5.41, 5.74) is 0.738. The lowest BCUT2D eigenvalue weighted by Gasteiger charge is -2.32. The predicted molar refractivity (Wildman–Crippen MR) is 103 cm³/mol. The number of carbonyl (C=O) groups is 3. The maximum atomic E-state index is 12.7. The summed E-state index contributed by atoms with van der Waals surface area (Å²) >= 11 is 0. The number of carbonyl (C=O) groups excluding carboxylic acids is 3. The van der Waals surface area contributed by atoms with Crippen LogP contribution in [0.25, 0.3) is 0 Å². The Hall–Kier alpha value is -2.77. The lowest BCUT2D eigenvalue weighted by Crippen LogP contribution is -2.48. The molecule has 28 heavy (non-hydrogen) atoms. The van der Waals surface area contributed by atoms with Crippen molar-refractivity contribution >= 4 is 23.6 Å². The minimum Gasteiger partial charge on any atom is -0.497 e. The summed E-state index contributed by atoms with van der Waals surface area (Å²) in [5.74, 6) is 0.132. The van der Waals surface area contributed by atoms with Crippen molar-refractivity contribution in [1.82, 2.24) is 10.2 Å². The minimum absolute atomic E-state index is 0.0131. The second-order valence-electron chi connectivity index (χ2n) is 7.08. The first-order valence-electron chi connectivity index (χ1n) is 9.68. The van der Waals surface area contributed by atoms with Crippen LogP contribution in [0, 0.1) is 5.92 Å². The van der Waals surface area contributed by atoms with Crippen LogP contribution in [0.1, 0.15) is 26.2 Å². The molecule has 152 valence electrons. The van der Waals surface area contributed by atoms with E-state index in [1.807, 2.05) is 18.2 Å². The number of hydrogen-bond donors (Lipinski definition) is 1. The Morgan fingerprint density at radius 1 is 1.25 bits per heavy atom. The number of hydrogen-bond acceptors (Lipinski definition) is 5. The molecule has 3 amide bonds. The molecule has 1 aromatic carbocycles. The van der Waals surface area contributed by atoms with Gasteiger partial charge in [-0.15, -0.1) is 0 Å². The van der Waals surface area contributed by atoms with Gasteiger partial charge < -0.3 is 24.6 Å². The fraction of sp³-hybridized carbons (Fsp3) is 0.550. The third-order valence-corrected chi connectivity index (χ3v) is 5.23. The molecule has 0 spiro atoms. The number of likely N-dealkylation sites (tertiary alicyclic amines) is 1. The molecule has 1 atom stereocenters. The van der Waals surface area contributed by atoms with E-state index < -0.39 is 0 Å². The van der Waals surface area contributed by atoms with Crippen LogP contribution in [-0.2, 0) is 14.3 Å². The molecule has 8 nitrogen and oxygen atoms in total. The molecular formula is C20H27N3O5. The Bertz CT molecular complexity index is 730. The number of piperidine rings is 1. The van der Waals surface area contributed by atoms with Gasteiger partial charge in [0.2, 0.25) is 11.8 Å². The highest BCUT2D eigenvalue weighted by molar-refractivity contribution is 6.00. The van der Waals surface area contributed by atoms with Crippen LogP contribution in [0.15, 0.2) is 24.3 Å². The molecule has 1 N–H and O–H groups in total. The van der Waals surface area contributed by atoms with Crippen molar-refractivity contribution in [3.8, 4) is 5.75 Å². The molecule has 3 rings (SSSR count). The molecule has 0 aliphatic carbocycles. The molecule has 2 aliphatic rings. The first-order valence-corrected chi connectivity index (χ1v) is 9.68. The van der Waals surface area contributed by atoms with Gasteiger partial charge in [0.15, 0.2) is 0 Å². The molecular weight excluding hydrogens is 362 g/mol. The Morgan fingerprint density at radius 2 is 2.00 bits per heavy atom. The van der Waals surface area contributed by atoms with Crippen LogP contribution in [0.5, 0.6) is 5.75 Å². The number of rotatable bonds is 5. The van der Waals surface area contributed by atoms with Crippen molar-refractivity contribution in [2.75, 3.05) is 38.3 Å². The van der Waals surface area contributed by atoms with Gasteiger partial charge in [0, 0.05) is 43.9 Å². The van der Waals surface area contributed by atoms with E-state index in [0.717, 1.165) is 5.69 Å². The van der Waals surface area contributed by atoms with Gasteiger partial charge in [-0.25, -0.2) is 4.79 Å². The van der Waals surface area contributed by atoms with Crippen LogP contribution in [0.3, 0.4) is 0 Å². The molecule has 0 bridgehead atoms. The molecule has 2 aliphatic heterocycles. The van der Waals surface area contributed by atoms with Gasteiger partial charge in [-0.3, -0.25) is 9.59 Å². The monoisotopic (exact) mass is 389 g/mol. The van der Waals surface area contributed by atoms with Gasteiger partial charge in [-0.2, -0.15) is 0 Å². The molecule has 8 heteroatoms. The summed E-state index contributed by atoms with van der Waals surface area (Å²) in [5, 5.41) is 3.05. The molecule has 2 fully saturated rings. The first-order chi connectivity index (χ1) is 13.5. The van der Waals surface area contributed by atoms with Crippen LogP contribution in [-0.4, -0.2) is 62.2 Å². The van der Waals surface area contributed by atoms with Crippen molar-refractivity contribution in [2.24, 2.45) is 5.92 Å². The topological polar surface area (TPSA) is 88.2 Å². The molecule has 0 radical (unpaired) electrons. The van der Waals surface area contributed by atoms with E-state index in [1.54, 1.807) is 29.9 Å². The van der Waals surface area contributed by atoms with E-state index in [-0.39, 0.29) is 36.3 Å². The average molecular weight is 389 g/mol. The summed E-state index contributed by atoms with van der Waals surface area (Å²) in [7, 11) is 1.58. The van der Waals surface area contributed by atoms with Crippen LogP contribution in [0.4, 0.5) is 10.5 Å². The molecule has 1 unspecified atom stereocenters. The highest BCUT2D eigenvalue weighted by Gasteiger charge is 2.36. The van der Waals surface area contributed by atoms with Crippen molar-refractivity contribution in [3.05, 3.63) is 24.3 Å². The van der Waals surface area contributed by atoms with Gasteiger partial charge in [0.05, 0.1) is 19.6 Å². The summed E-state index contributed by atoms with van der Waals surface area (Å²) in [6, 6.07) is 7.29. The quantitative estimate of drug-likeness (QED) is 0.829. The van der Waals surface area contributed by atoms with Crippen molar-refractivity contribution < 1.29 is 23.9 Å². The van der Waals surface area contributed by atoms with Gasteiger partial charge in [0.1, 0.15) is 5.75 Å². The highest BCUT2D eigenvalue weighted by atomic mass is 16.6. The number of benzene rings is 1. The molecule has 0 saturated carbocycles. The molecule has 2 heterocycles. The van der Waals surface area contributed by atoms with Gasteiger partial charge in [-0.05, 0) is 31.9 Å². The van der Waals surface area contributed by atoms with Crippen molar-refractivity contribution in [2.45, 2.75) is 32.2 Å². The molecule has 1 aromatic rings. The van der Waals surface area contributed by atoms with Crippen LogP contribution in [0.2, 0.25) is 0 Å². The average Bonchev–Trinajstić information content (AvgIpc) is 3.10. The molecule has 2 saturated heterocycles. The summed E-state index contributed by atoms with van der Waals surface area (Å²) in [6.45, 7) is 3.61. The van der Waals surface area contributed by atoms with Gasteiger partial charge in [0.25, 0.3) is 0 Å². The smallest absolute Gasteiger partial charge is 0.409 e. The van der Waals surface area contributed by atoms with E-state index in [2.05, 4.69) is 5.32 Å². The minimum atomic E-state index is -0.373. The fourth-order valence-electron chi connectivity index (χ4n) is 3.65. The normalized spacial score (nSPS) is 20.2.